The van der Waals surface area contributed by atoms with Crippen molar-refractivity contribution < 1.29 is 30.2 Å². The Morgan fingerprint density at radius 1 is 0.968 bits per heavy atom. The van der Waals surface area contributed by atoms with E-state index in [0.717, 1.165) is 17.2 Å². The van der Waals surface area contributed by atoms with Gasteiger partial charge in [0, 0.05) is 21.9 Å². The molecule has 2 heterocycles. The van der Waals surface area contributed by atoms with Crippen molar-refractivity contribution in [3.63, 3.8) is 0 Å². The van der Waals surface area contributed by atoms with Gasteiger partial charge in [-0.3, -0.25) is 4.18 Å². The molecule has 0 aliphatic carbocycles. The van der Waals surface area contributed by atoms with Gasteiger partial charge in [0.1, 0.15) is 28.9 Å². The van der Waals surface area contributed by atoms with Gasteiger partial charge in [-0.15, -0.1) is 11.6 Å². The molecule has 0 saturated heterocycles. The monoisotopic (exact) mass is 470 g/mol. The van der Waals surface area contributed by atoms with Crippen LogP contribution in [0.2, 0.25) is 0 Å². The molecule has 9 heteroatoms. The van der Waals surface area contributed by atoms with Crippen LogP contribution in [-0.4, -0.2) is 14.7 Å². The minimum atomic E-state index is -3.57. The van der Waals surface area contributed by atoms with Crippen molar-refractivity contribution in [2.75, 3.05) is 6.26 Å². The number of fused-ring (bicyclic) bond motifs is 2. The van der Waals surface area contributed by atoms with Crippen molar-refractivity contribution in [2.45, 2.75) is 32.8 Å². The van der Waals surface area contributed by atoms with Gasteiger partial charge in [0.15, 0.2) is 0 Å². The minimum Gasteiger partial charge on any atom is -0.464 e. The lowest BCUT2D eigenvalue weighted by molar-refractivity contribution is 0.237. The summed E-state index contributed by atoms with van der Waals surface area (Å²) in [5.74, 6) is -0.243. The number of hydrogen-bond donors (Lipinski definition) is 0. The number of aryl methyl sites for hydroxylation is 2. The van der Waals surface area contributed by atoms with Crippen molar-refractivity contribution in [1.29, 1.82) is 0 Å². The van der Waals surface area contributed by atoms with Gasteiger partial charge < -0.3 is 8.83 Å². The van der Waals surface area contributed by atoms with E-state index in [9.17, 15) is 17.2 Å². The Hall–Kier alpha value is -2.42. The van der Waals surface area contributed by atoms with E-state index in [4.69, 9.17) is 24.6 Å². The first-order valence-electron chi connectivity index (χ1n) is 9.28. The first kappa shape index (κ1) is 23.2. The van der Waals surface area contributed by atoms with Crippen LogP contribution in [0, 0.1) is 25.5 Å². The van der Waals surface area contributed by atoms with Crippen molar-refractivity contribution in [1.82, 2.24) is 0 Å². The number of benzene rings is 2. The first-order valence-corrected chi connectivity index (χ1v) is 11.6. The average Bonchev–Trinajstić information content (AvgIpc) is 3.25. The lowest BCUT2D eigenvalue weighted by atomic mass is 10.1. The average molecular weight is 471 g/mol. The minimum absolute atomic E-state index is 0.222. The van der Waals surface area contributed by atoms with Crippen LogP contribution >= 0.6 is 11.6 Å². The summed E-state index contributed by atoms with van der Waals surface area (Å²) in [6.45, 7) is 4.91. The quantitative estimate of drug-likeness (QED) is 0.250. The summed E-state index contributed by atoms with van der Waals surface area (Å²) < 4.78 is 64.2. The zero-order valence-corrected chi connectivity index (χ0v) is 18.9. The van der Waals surface area contributed by atoms with E-state index in [0.29, 0.717) is 39.1 Å². The van der Waals surface area contributed by atoms with Gasteiger partial charge in [-0.1, -0.05) is 0 Å². The Kier molecular flexibility index (Phi) is 6.73. The van der Waals surface area contributed by atoms with E-state index in [2.05, 4.69) is 0 Å². The highest BCUT2D eigenvalue weighted by Crippen LogP contribution is 2.31. The van der Waals surface area contributed by atoms with Crippen molar-refractivity contribution in [3.8, 4) is 0 Å². The van der Waals surface area contributed by atoms with Crippen molar-refractivity contribution in [2.24, 2.45) is 0 Å². The second-order valence-electron chi connectivity index (χ2n) is 7.22. The fourth-order valence-corrected chi connectivity index (χ4v) is 3.94. The van der Waals surface area contributed by atoms with E-state index in [1.54, 1.807) is 39.2 Å². The fraction of sp³-hybridized carbons (Fsp3) is 0.273. The third-order valence-corrected chi connectivity index (χ3v) is 5.65. The lowest BCUT2D eigenvalue weighted by Gasteiger charge is -2.09. The maximum absolute atomic E-state index is 13.5. The molecule has 0 spiro atoms. The molecule has 0 bridgehead atoms. The highest BCUT2D eigenvalue weighted by atomic mass is 35.5. The molecule has 5 nitrogen and oxygen atoms in total. The smallest absolute Gasteiger partial charge is 0.264 e. The third kappa shape index (κ3) is 5.26. The molecule has 0 fully saturated rings. The van der Waals surface area contributed by atoms with Gasteiger partial charge in [-0.05, 0) is 56.2 Å². The van der Waals surface area contributed by atoms with Crippen LogP contribution in [0.1, 0.15) is 35.3 Å². The summed E-state index contributed by atoms with van der Waals surface area (Å²) in [5, 5.41) is 1.28. The normalized spacial score (nSPS) is 12.7. The Morgan fingerprint density at radius 2 is 1.48 bits per heavy atom. The molecule has 2 aromatic carbocycles. The van der Waals surface area contributed by atoms with Crippen LogP contribution in [0.4, 0.5) is 8.78 Å². The van der Waals surface area contributed by atoms with Gasteiger partial charge in [0.05, 0.1) is 24.7 Å². The van der Waals surface area contributed by atoms with Crippen molar-refractivity contribution >= 4 is 43.7 Å². The summed E-state index contributed by atoms with van der Waals surface area (Å²) in [7, 11) is -3.57. The second-order valence-corrected chi connectivity index (χ2v) is 9.09. The molecule has 1 unspecified atom stereocenters. The van der Waals surface area contributed by atoms with Crippen molar-refractivity contribution in [3.05, 3.63) is 70.7 Å². The molecule has 0 saturated carbocycles. The lowest BCUT2D eigenvalue weighted by Crippen LogP contribution is -2.07. The van der Waals surface area contributed by atoms with Crippen LogP contribution in [0.25, 0.3) is 21.9 Å². The Bertz CT molecular complexity index is 1340. The van der Waals surface area contributed by atoms with Gasteiger partial charge in [-0.2, -0.15) is 8.42 Å². The van der Waals surface area contributed by atoms with Crippen LogP contribution < -0.4 is 0 Å². The molecule has 4 aromatic rings. The number of halogens is 3. The SMILES string of the molecule is Cc1cc2occ(C(C)OS(C)(=O)=O)c2cc1F.Cc1cc2occ(CCl)c2cc1F. The highest BCUT2D eigenvalue weighted by Gasteiger charge is 2.18. The standard InChI is InChI=1S/C12H13FO4S.C10H8ClFO/c1-7-4-12-9(5-11(7)13)10(6-16-12)8(2)17-18(3,14)15;1-6-2-10-8(3-9(6)12)7(4-11)5-13-10/h4-6,8H,1-3H3;2-3,5H,4H2,1H3. The van der Waals surface area contributed by atoms with Gasteiger partial charge >= 0.3 is 0 Å². The summed E-state index contributed by atoms with van der Waals surface area (Å²) in [6.07, 6.45) is 3.20. The Labute approximate surface area is 183 Å². The molecule has 2 aromatic heterocycles. The van der Waals surface area contributed by atoms with Crippen LogP contribution in [0.15, 0.2) is 45.6 Å². The predicted octanol–water partition coefficient (Wildman–Crippen LogP) is 6.54. The number of furan rings is 2. The molecular formula is C22H21ClF2O5S. The number of hydrogen-bond acceptors (Lipinski definition) is 5. The van der Waals surface area contributed by atoms with E-state index in [1.807, 2.05) is 0 Å². The predicted molar refractivity (Wildman–Crippen MR) is 116 cm³/mol. The molecule has 0 aliphatic rings. The van der Waals surface area contributed by atoms with Gasteiger partial charge in [0.2, 0.25) is 0 Å². The first-order chi connectivity index (χ1) is 14.5. The van der Waals surface area contributed by atoms with E-state index < -0.39 is 16.2 Å². The number of alkyl halides is 1. The zero-order chi connectivity index (χ0) is 22.9. The summed E-state index contributed by atoms with van der Waals surface area (Å²) >= 11 is 5.66. The fourth-order valence-electron chi connectivity index (χ4n) is 3.10. The van der Waals surface area contributed by atoms with Crippen LogP contribution in [0.3, 0.4) is 0 Å². The van der Waals surface area contributed by atoms with Gasteiger partial charge in [-0.25, -0.2) is 8.78 Å². The second kappa shape index (κ2) is 8.98. The zero-order valence-electron chi connectivity index (χ0n) is 17.3. The summed E-state index contributed by atoms with van der Waals surface area (Å²) in [5.41, 5.74) is 3.59. The Balaban J connectivity index is 0.000000185. The van der Waals surface area contributed by atoms with E-state index in [-0.39, 0.29) is 11.6 Å². The van der Waals surface area contributed by atoms with Crippen LogP contribution in [-0.2, 0) is 20.2 Å². The molecule has 1 atom stereocenters. The Morgan fingerprint density at radius 3 is 2.03 bits per heavy atom. The van der Waals surface area contributed by atoms with E-state index in [1.165, 1.54) is 18.4 Å². The molecule has 0 amide bonds. The topological polar surface area (TPSA) is 69.7 Å². The maximum Gasteiger partial charge on any atom is 0.264 e. The maximum atomic E-state index is 13.5. The number of rotatable bonds is 4. The molecule has 4 rings (SSSR count). The summed E-state index contributed by atoms with van der Waals surface area (Å²) in [6, 6.07) is 6.04. The largest absolute Gasteiger partial charge is 0.464 e. The molecular weight excluding hydrogens is 450 g/mol. The molecule has 0 N–H and O–H groups in total. The molecule has 0 radical (unpaired) electrons. The van der Waals surface area contributed by atoms with Gasteiger partial charge in [0.25, 0.3) is 10.1 Å². The van der Waals surface area contributed by atoms with E-state index >= 15 is 0 Å². The summed E-state index contributed by atoms with van der Waals surface area (Å²) in [4.78, 5) is 0. The van der Waals surface area contributed by atoms with Crippen LogP contribution in [0.5, 0.6) is 0 Å². The molecule has 0 aliphatic heterocycles. The molecule has 31 heavy (non-hydrogen) atoms. The third-order valence-electron chi connectivity index (χ3n) is 4.72. The molecule has 166 valence electrons. The highest BCUT2D eigenvalue weighted by molar-refractivity contribution is 7.86.